The number of halogens is 2. The van der Waals surface area contributed by atoms with Crippen molar-refractivity contribution in [2.45, 2.75) is 31.9 Å². The van der Waals surface area contributed by atoms with Crippen LogP contribution in [0.25, 0.3) is 0 Å². The molecule has 2 N–H and O–H groups in total. The summed E-state index contributed by atoms with van der Waals surface area (Å²) in [5.41, 5.74) is 8.69. The second-order valence-electron chi connectivity index (χ2n) is 6.03. The van der Waals surface area contributed by atoms with E-state index < -0.39 is 11.9 Å². The number of nitrogens with two attached hydrogens (primary N) is 1. The molecule has 1 unspecified atom stereocenters. The monoisotopic (exact) mass is 305 g/mol. The summed E-state index contributed by atoms with van der Waals surface area (Å²) in [6.45, 7) is 4.10. The molecule has 1 heterocycles. The summed E-state index contributed by atoms with van der Waals surface area (Å²) >= 11 is 6.02. The number of hydrogen-bond acceptors (Lipinski definition) is 2. The minimum Gasteiger partial charge on any atom is -0.487 e. The van der Waals surface area contributed by atoms with Crippen molar-refractivity contribution in [3.8, 4) is 5.75 Å². The molecule has 2 aromatic carbocycles. The highest BCUT2D eigenvalue weighted by atomic mass is 35.5. The van der Waals surface area contributed by atoms with Crippen LogP contribution in [0.4, 0.5) is 4.39 Å². The van der Waals surface area contributed by atoms with Gasteiger partial charge in [0.2, 0.25) is 0 Å². The molecule has 0 bridgehead atoms. The molecule has 0 spiro atoms. The topological polar surface area (TPSA) is 35.2 Å². The smallest absolute Gasteiger partial charge is 0.142 e. The highest BCUT2D eigenvalue weighted by Gasteiger charge is 2.30. The zero-order valence-electron chi connectivity index (χ0n) is 12.0. The fourth-order valence-corrected chi connectivity index (χ4v) is 3.01. The van der Waals surface area contributed by atoms with Crippen molar-refractivity contribution in [2.24, 2.45) is 5.73 Å². The molecule has 21 heavy (non-hydrogen) atoms. The lowest BCUT2D eigenvalue weighted by molar-refractivity contribution is 0.138. The first-order valence-corrected chi connectivity index (χ1v) is 7.26. The SMILES string of the molecule is CC1(C)Cc2cc(C(N)c3cccc(F)c3Cl)ccc2O1. The summed E-state index contributed by atoms with van der Waals surface area (Å²) in [6.07, 6.45) is 0.833. The van der Waals surface area contributed by atoms with Crippen molar-refractivity contribution in [2.75, 3.05) is 0 Å². The Bertz CT molecular complexity index is 699. The number of fused-ring (bicyclic) bond motifs is 1. The van der Waals surface area contributed by atoms with Crippen molar-refractivity contribution in [1.82, 2.24) is 0 Å². The van der Waals surface area contributed by atoms with Crippen LogP contribution in [0.2, 0.25) is 5.02 Å². The Morgan fingerprint density at radius 3 is 2.81 bits per heavy atom. The number of benzene rings is 2. The number of rotatable bonds is 2. The summed E-state index contributed by atoms with van der Waals surface area (Å²) in [6, 6.07) is 10.1. The molecule has 3 rings (SSSR count). The Kier molecular flexibility index (Phi) is 3.42. The molecule has 2 aromatic rings. The minimum absolute atomic E-state index is 0.0853. The number of hydrogen-bond donors (Lipinski definition) is 1. The molecule has 2 nitrogen and oxygen atoms in total. The normalized spacial score (nSPS) is 17.2. The van der Waals surface area contributed by atoms with E-state index in [0.717, 1.165) is 23.3 Å². The summed E-state index contributed by atoms with van der Waals surface area (Å²) < 4.78 is 19.4. The Morgan fingerprint density at radius 2 is 2.05 bits per heavy atom. The molecule has 0 amide bonds. The average molecular weight is 306 g/mol. The Labute approximate surface area is 128 Å². The Hall–Kier alpha value is -1.58. The second kappa shape index (κ2) is 5.00. The average Bonchev–Trinajstić information content (AvgIpc) is 2.73. The van der Waals surface area contributed by atoms with Gasteiger partial charge in [-0.15, -0.1) is 0 Å². The molecule has 1 aliphatic rings. The van der Waals surface area contributed by atoms with Crippen molar-refractivity contribution in [3.63, 3.8) is 0 Å². The van der Waals surface area contributed by atoms with Crippen LogP contribution in [0.3, 0.4) is 0 Å². The minimum atomic E-state index is -0.456. The molecule has 0 radical (unpaired) electrons. The van der Waals surface area contributed by atoms with Crippen LogP contribution >= 0.6 is 11.6 Å². The van der Waals surface area contributed by atoms with Gasteiger partial charge in [0.25, 0.3) is 0 Å². The maximum atomic E-state index is 13.6. The first-order chi connectivity index (χ1) is 9.87. The van der Waals surface area contributed by atoms with Gasteiger partial charge in [0.1, 0.15) is 17.2 Å². The van der Waals surface area contributed by atoms with Gasteiger partial charge in [0.05, 0.1) is 11.1 Å². The molecule has 110 valence electrons. The van der Waals surface area contributed by atoms with E-state index in [1.54, 1.807) is 12.1 Å². The molecule has 0 saturated heterocycles. The van der Waals surface area contributed by atoms with Gasteiger partial charge in [-0.3, -0.25) is 0 Å². The predicted octanol–water partition coefficient (Wildman–Crippen LogP) is 4.24. The van der Waals surface area contributed by atoms with Gasteiger partial charge in [-0.2, -0.15) is 0 Å². The fourth-order valence-electron chi connectivity index (χ4n) is 2.76. The first kappa shape index (κ1) is 14.4. The second-order valence-corrected chi connectivity index (χ2v) is 6.40. The lowest BCUT2D eigenvalue weighted by Crippen LogP contribution is -2.24. The zero-order chi connectivity index (χ0) is 15.2. The molecule has 4 heteroatoms. The molecular formula is C17H17ClFNO. The van der Waals surface area contributed by atoms with Crippen molar-refractivity contribution in [3.05, 3.63) is 63.9 Å². The van der Waals surface area contributed by atoms with Crippen molar-refractivity contribution in [1.29, 1.82) is 0 Å². The van der Waals surface area contributed by atoms with Gasteiger partial charge >= 0.3 is 0 Å². The van der Waals surface area contributed by atoms with Gasteiger partial charge in [0, 0.05) is 6.42 Å². The van der Waals surface area contributed by atoms with Gasteiger partial charge < -0.3 is 10.5 Å². The molecule has 0 fully saturated rings. The maximum absolute atomic E-state index is 13.6. The zero-order valence-corrected chi connectivity index (χ0v) is 12.7. The van der Waals surface area contributed by atoms with E-state index in [1.807, 2.05) is 18.2 Å². The van der Waals surface area contributed by atoms with E-state index in [1.165, 1.54) is 6.07 Å². The summed E-state index contributed by atoms with van der Waals surface area (Å²) in [7, 11) is 0. The first-order valence-electron chi connectivity index (χ1n) is 6.89. The van der Waals surface area contributed by atoms with Gasteiger partial charge in [-0.25, -0.2) is 4.39 Å². The van der Waals surface area contributed by atoms with Crippen LogP contribution in [0.15, 0.2) is 36.4 Å². The quantitative estimate of drug-likeness (QED) is 0.900. The van der Waals surface area contributed by atoms with Gasteiger partial charge in [-0.1, -0.05) is 35.9 Å². The molecule has 0 saturated carbocycles. The lowest BCUT2D eigenvalue weighted by Gasteiger charge is -2.16. The predicted molar refractivity (Wildman–Crippen MR) is 82.3 cm³/mol. The standard InChI is InChI=1S/C17H17ClFNO/c1-17(2)9-11-8-10(6-7-14(11)21-17)16(20)12-4-3-5-13(19)15(12)18/h3-8,16H,9,20H2,1-2H3. The lowest BCUT2D eigenvalue weighted by atomic mass is 9.95. The summed E-state index contributed by atoms with van der Waals surface area (Å²) in [5.74, 6) is 0.441. The molecule has 0 aliphatic carbocycles. The highest BCUT2D eigenvalue weighted by molar-refractivity contribution is 6.31. The van der Waals surface area contributed by atoms with Crippen LogP contribution in [-0.4, -0.2) is 5.60 Å². The third kappa shape index (κ3) is 2.63. The van der Waals surface area contributed by atoms with E-state index in [2.05, 4.69) is 13.8 Å². The maximum Gasteiger partial charge on any atom is 0.142 e. The van der Waals surface area contributed by atoms with Gasteiger partial charge in [-0.05, 0) is 42.7 Å². The number of ether oxygens (including phenoxy) is 1. The molecule has 0 aromatic heterocycles. The van der Waals surface area contributed by atoms with Gasteiger partial charge in [0.15, 0.2) is 0 Å². The van der Waals surface area contributed by atoms with Crippen LogP contribution < -0.4 is 10.5 Å². The molecule has 1 atom stereocenters. The van der Waals surface area contributed by atoms with E-state index in [-0.39, 0.29) is 10.6 Å². The van der Waals surface area contributed by atoms with E-state index >= 15 is 0 Å². The third-order valence-electron chi connectivity index (χ3n) is 3.76. The van der Waals surface area contributed by atoms with Crippen LogP contribution in [0.1, 0.15) is 36.6 Å². The summed E-state index contributed by atoms with van der Waals surface area (Å²) in [5, 5.41) is 0.0853. The van der Waals surface area contributed by atoms with Crippen LogP contribution in [-0.2, 0) is 6.42 Å². The fraction of sp³-hybridized carbons (Fsp3) is 0.294. The highest BCUT2D eigenvalue weighted by Crippen LogP contribution is 2.37. The van der Waals surface area contributed by atoms with E-state index in [0.29, 0.717) is 5.56 Å². The van der Waals surface area contributed by atoms with E-state index in [9.17, 15) is 4.39 Å². The van der Waals surface area contributed by atoms with E-state index in [4.69, 9.17) is 22.1 Å². The van der Waals surface area contributed by atoms with Crippen LogP contribution in [0.5, 0.6) is 5.75 Å². The largest absolute Gasteiger partial charge is 0.487 e. The third-order valence-corrected chi connectivity index (χ3v) is 4.16. The molecule has 1 aliphatic heterocycles. The molecular weight excluding hydrogens is 289 g/mol. The van der Waals surface area contributed by atoms with Crippen LogP contribution in [0, 0.1) is 5.82 Å². The Balaban J connectivity index is 1.97. The van der Waals surface area contributed by atoms with Crippen molar-refractivity contribution >= 4 is 11.6 Å². The van der Waals surface area contributed by atoms with Crippen molar-refractivity contribution < 1.29 is 9.13 Å². The summed E-state index contributed by atoms with van der Waals surface area (Å²) in [4.78, 5) is 0. The Morgan fingerprint density at radius 1 is 1.29 bits per heavy atom.